The summed E-state index contributed by atoms with van der Waals surface area (Å²) in [7, 11) is 0. The Hall–Kier alpha value is -0.570. The molecule has 3 heteroatoms. The van der Waals surface area contributed by atoms with Gasteiger partial charge in [-0.25, -0.2) is 0 Å². The van der Waals surface area contributed by atoms with E-state index >= 15 is 0 Å². The number of fused-ring (bicyclic) bond motifs is 2. The maximum Gasteiger partial charge on any atom is 0.228 e. The standard InChI is InChI=1S/C17H30N2O/c1-11(2)17(6-7-18-10-17)16(20)19-12(3)15-9-13-4-5-14(15)8-13/h11-15,18H,4-10H2,1-3H3,(H,19,20). The van der Waals surface area contributed by atoms with Gasteiger partial charge in [0.25, 0.3) is 0 Å². The average molecular weight is 278 g/mol. The van der Waals surface area contributed by atoms with Crippen molar-refractivity contribution in [3.8, 4) is 0 Å². The van der Waals surface area contributed by atoms with Gasteiger partial charge in [0.2, 0.25) is 5.91 Å². The van der Waals surface area contributed by atoms with Gasteiger partial charge in [0.15, 0.2) is 0 Å². The summed E-state index contributed by atoms with van der Waals surface area (Å²) in [6, 6.07) is 0.356. The molecule has 1 heterocycles. The van der Waals surface area contributed by atoms with Crippen LogP contribution in [0.2, 0.25) is 0 Å². The highest BCUT2D eigenvalue weighted by atomic mass is 16.2. The minimum absolute atomic E-state index is 0.175. The minimum atomic E-state index is -0.175. The molecule has 2 aliphatic carbocycles. The molecule has 2 saturated carbocycles. The molecule has 2 N–H and O–H groups in total. The predicted octanol–water partition coefficient (Wildman–Crippen LogP) is 2.56. The molecule has 3 fully saturated rings. The summed E-state index contributed by atoms with van der Waals surface area (Å²) in [6.07, 6.45) is 6.58. The van der Waals surface area contributed by atoms with Crippen molar-refractivity contribution in [2.75, 3.05) is 13.1 Å². The van der Waals surface area contributed by atoms with E-state index in [1.54, 1.807) is 0 Å². The molecule has 0 radical (unpaired) electrons. The first kappa shape index (κ1) is 14.4. The molecule has 3 rings (SSSR count). The van der Waals surface area contributed by atoms with Crippen LogP contribution in [0, 0.1) is 29.1 Å². The van der Waals surface area contributed by atoms with Crippen LogP contribution in [0.15, 0.2) is 0 Å². The van der Waals surface area contributed by atoms with Crippen LogP contribution < -0.4 is 10.6 Å². The topological polar surface area (TPSA) is 41.1 Å². The van der Waals surface area contributed by atoms with E-state index in [-0.39, 0.29) is 5.41 Å². The van der Waals surface area contributed by atoms with Crippen molar-refractivity contribution in [3.63, 3.8) is 0 Å². The number of carbonyl (C=O) groups is 1. The molecule has 0 aromatic heterocycles. The van der Waals surface area contributed by atoms with Crippen molar-refractivity contribution in [1.82, 2.24) is 10.6 Å². The lowest BCUT2D eigenvalue weighted by Crippen LogP contribution is -2.51. The van der Waals surface area contributed by atoms with Crippen LogP contribution in [0.3, 0.4) is 0 Å². The van der Waals surface area contributed by atoms with E-state index in [0.717, 1.165) is 37.3 Å². The summed E-state index contributed by atoms with van der Waals surface area (Å²) in [5.74, 6) is 3.28. The molecule has 20 heavy (non-hydrogen) atoms. The van der Waals surface area contributed by atoms with Gasteiger partial charge in [-0.15, -0.1) is 0 Å². The SMILES string of the molecule is CC(NC(=O)C1(C(C)C)CCNC1)C1CC2CCC1C2. The third-order valence-electron chi connectivity index (χ3n) is 6.54. The summed E-state index contributed by atoms with van der Waals surface area (Å²) in [5, 5.41) is 6.78. The van der Waals surface area contributed by atoms with Crippen molar-refractivity contribution >= 4 is 5.91 Å². The summed E-state index contributed by atoms with van der Waals surface area (Å²) in [4.78, 5) is 12.8. The van der Waals surface area contributed by atoms with E-state index in [0.29, 0.717) is 17.9 Å². The van der Waals surface area contributed by atoms with Gasteiger partial charge in [-0.1, -0.05) is 20.3 Å². The van der Waals surface area contributed by atoms with E-state index in [1.165, 1.54) is 25.7 Å². The van der Waals surface area contributed by atoms with E-state index in [1.807, 2.05) is 0 Å². The van der Waals surface area contributed by atoms with Gasteiger partial charge in [-0.05, 0) is 62.8 Å². The number of amides is 1. The van der Waals surface area contributed by atoms with E-state index < -0.39 is 0 Å². The number of rotatable bonds is 4. The zero-order chi connectivity index (χ0) is 14.3. The molecule has 3 nitrogen and oxygen atoms in total. The molecule has 1 amide bonds. The second kappa shape index (κ2) is 5.32. The summed E-state index contributed by atoms with van der Waals surface area (Å²) in [5.41, 5.74) is -0.175. The van der Waals surface area contributed by atoms with Crippen molar-refractivity contribution in [2.24, 2.45) is 29.1 Å². The predicted molar refractivity (Wildman–Crippen MR) is 81.3 cm³/mol. The Labute approximate surface area is 123 Å². The van der Waals surface area contributed by atoms with Gasteiger partial charge in [-0.2, -0.15) is 0 Å². The van der Waals surface area contributed by atoms with Crippen molar-refractivity contribution in [1.29, 1.82) is 0 Å². The largest absolute Gasteiger partial charge is 0.353 e. The quantitative estimate of drug-likeness (QED) is 0.830. The first-order chi connectivity index (χ1) is 9.53. The van der Waals surface area contributed by atoms with Crippen LogP contribution >= 0.6 is 0 Å². The molecule has 1 aliphatic heterocycles. The Morgan fingerprint density at radius 2 is 2.05 bits per heavy atom. The lowest BCUT2D eigenvalue weighted by Gasteiger charge is -2.35. The fourth-order valence-electron chi connectivity index (χ4n) is 5.02. The highest BCUT2D eigenvalue weighted by Gasteiger charge is 2.46. The number of nitrogens with one attached hydrogen (secondary N) is 2. The second-order valence-electron chi connectivity index (χ2n) is 7.84. The molecule has 5 atom stereocenters. The Bertz CT molecular complexity index is 373. The number of carbonyl (C=O) groups excluding carboxylic acids is 1. The molecule has 0 spiro atoms. The minimum Gasteiger partial charge on any atom is -0.353 e. The second-order valence-corrected chi connectivity index (χ2v) is 7.84. The highest BCUT2D eigenvalue weighted by molar-refractivity contribution is 5.83. The summed E-state index contributed by atoms with van der Waals surface area (Å²) >= 11 is 0. The lowest BCUT2D eigenvalue weighted by atomic mass is 9.75. The van der Waals surface area contributed by atoms with Gasteiger partial charge in [0.1, 0.15) is 0 Å². The number of hydrogen-bond acceptors (Lipinski definition) is 2. The lowest BCUT2D eigenvalue weighted by molar-refractivity contribution is -0.133. The summed E-state index contributed by atoms with van der Waals surface area (Å²) < 4.78 is 0. The van der Waals surface area contributed by atoms with Gasteiger partial charge >= 0.3 is 0 Å². The first-order valence-corrected chi connectivity index (χ1v) is 8.54. The molecular weight excluding hydrogens is 248 g/mol. The Kier molecular flexibility index (Phi) is 3.83. The van der Waals surface area contributed by atoms with Crippen LogP contribution in [0.1, 0.15) is 52.9 Å². The van der Waals surface area contributed by atoms with Crippen LogP contribution in [0.5, 0.6) is 0 Å². The maximum atomic E-state index is 12.8. The molecule has 0 aromatic carbocycles. The van der Waals surface area contributed by atoms with Crippen LogP contribution in [0.4, 0.5) is 0 Å². The maximum absolute atomic E-state index is 12.8. The zero-order valence-electron chi connectivity index (χ0n) is 13.2. The normalized spacial score (nSPS) is 41.3. The third kappa shape index (κ3) is 2.28. The molecule has 3 aliphatic rings. The van der Waals surface area contributed by atoms with E-state index in [2.05, 4.69) is 31.4 Å². The van der Waals surface area contributed by atoms with E-state index in [4.69, 9.17) is 0 Å². The van der Waals surface area contributed by atoms with Crippen molar-refractivity contribution < 1.29 is 4.79 Å². The fraction of sp³-hybridized carbons (Fsp3) is 0.941. The Morgan fingerprint density at radius 1 is 1.25 bits per heavy atom. The van der Waals surface area contributed by atoms with Crippen LogP contribution in [0.25, 0.3) is 0 Å². The Morgan fingerprint density at radius 3 is 2.55 bits per heavy atom. The molecular formula is C17H30N2O. The highest BCUT2D eigenvalue weighted by Crippen LogP contribution is 2.49. The smallest absolute Gasteiger partial charge is 0.228 e. The molecule has 2 bridgehead atoms. The van der Waals surface area contributed by atoms with Crippen molar-refractivity contribution in [2.45, 2.75) is 58.9 Å². The van der Waals surface area contributed by atoms with Crippen LogP contribution in [-0.2, 0) is 4.79 Å². The zero-order valence-corrected chi connectivity index (χ0v) is 13.2. The monoisotopic (exact) mass is 278 g/mol. The third-order valence-corrected chi connectivity index (χ3v) is 6.54. The van der Waals surface area contributed by atoms with E-state index in [9.17, 15) is 4.79 Å². The van der Waals surface area contributed by atoms with Gasteiger partial charge in [0.05, 0.1) is 5.41 Å². The van der Waals surface area contributed by atoms with Gasteiger partial charge in [0, 0.05) is 12.6 Å². The molecule has 5 unspecified atom stereocenters. The van der Waals surface area contributed by atoms with Gasteiger partial charge in [-0.3, -0.25) is 4.79 Å². The van der Waals surface area contributed by atoms with Gasteiger partial charge < -0.3 is 10.6 Å². The molecule has 1 saturated heterocycles. The number of hydrogen-bond donors (Lipinski definition) is 2. The molecule has 114 valence electrons. The van der Waals surface area contributed by atoms with Crippen molar-refractivity contribution in [3.05, 3.63) is 0 Å². The average Bonchev–Trinajstić information content (AvgIpc) is 3.14. The molecule has 0 aromatic rings. The summed E-state index contributed by atoms with van der Waals surface area (Å²) in [6.45, 7) is 8.44. The fourth-order valence-corrected chi connectivity index (χ4v) is 5.02. The van der Waals surface area contributed by atoms with Crippen LogP contribution in [-0.4, -0.2) is 25.0 Å². The first-order valence-electron chi connectivity index (χ1n) is 8.54. The Balaban J connectivity index is 1.63.